The van der Waals surface area contributed by atoms with Crippen molar-refractivity contribution in [2.24, 2.45) is 0 Å². The van der Waals surface area contributed by atoms with Crippen LogP contribution in [0.5, 0.6) is 0 Å². The molecule has 0 bridgehead atoms. The van der Waals surface area contributed by atoms with Crippen LogP contribution >= 0.6 is 0 Å². The van der Waals surface area contributed by atoms with Crippen LogP contribution in [0, 0.1) is 0 Å². The van der Waals surface area contributed by atoms with Crippen molar-refractivity contribution < 1.29 is 9.15 Å². The maximum Gasteiger partial charge on any atom is 0.120 e. The molecule has 0 saturated carbocycles. The van der Waals surface area contributed by atoms with Gasteiger partial charge in [0.25, 0.3) is 0 Å². The molecule has 0 spiro atoms. The van der Waals surface area contributed by atoms with E-state index in [0.29, 0.717) is 18.2 Å². The third-order valence-electron chi connectivity index (χ3n) is 4.35. The number of morpholine rings is 1. The van der Waals surface area contributed by atoms with E-state index in [4.69, 9.17) is 9.15 Å². The van der Waals surface area contributed by atoms with Gasteiger partial charge in [0.1, 0.15) is 5.76 Å². The first kappa shape index (κ1) is 13.2. The van der Waals surface area contributed by atoms with Crippen molar-refractivity contribution in [1.82, 2.24) is 10.2 Å². The van der Waals surface area contributed by atoms with Crippen molar-refractivity contribution in [2.75, 3.05) is 26.2 Å². The van der Waals surface area contributed by atoms with Crippen molar-refractivity contribution in [1.29, 1.82) is 0 Å². The highest BCUT2D eigenvalue weighted by Gasteiger charge is 2.32. The van der Waals surface area contributed by atoms with Gasteiger partial charge in [-0.15, -0.1) is 0 Å². The fourth-order valence-electron chi connectivity index (χ4n) is 3.22. The number of hydrogen-bond acceptors (Lipinski definition) is 4. The van der Waals surface area contributed by atoms with Crippen LogP contribution in [-0.2, 0) is 4.74 Å². The van der Waals surface area contributed by atoms with Crippen LogP contribution in [0.25, 0.3) is 0 Å². The molecule has 19 heavy (non-hydrogen) atoms. The van der Waals surface area contributed by atoms with Gasteiger partial charge in [0.2, 0.25) is 0 Å². The minimum atomic E-state index is 0.301. The van der Waals surface area contributed by atoms with Crippen molar-refractivity contribution in [3.63, 3.8) is 0 Å². The maximum absolute atomic E-state index is 5.97. The van der Waals surface area contributed by atoms with Gasteiger partial charge < -0.3 is 14.5 Å². The zero-order valence-corrected chi connectivity index (χ0v) is 11.7. The summed E-state index contributed by atoms with van der Waals surface area (Å²) in [6, 6.07) is 4.98. The Morgan fingerprint density at radius 3 is 3.26 bits per heavy atom. The van der Waals surface area contributed by atoms with E-state index >= 15 is 0 Å². The van der Waals surface area contributed by atoms with Crippen LogP contribution in [-0.4, -0.2) is 43.3 Å². The molecule has 106 valence electrons. The lowest BCUT2D eigenvalue weighted by molar-refractivity contribution is -0.0481. The summed E-state index contributed by atoms with van der Waals surface area (Å²) < 4.78 is 11.5. The average molecular weight is 264 g/mol. The predicted octanol–water partition coefficient (Wildman–Crippen LogP) is 2.18. The van der Waals surface area contributed by atoms with Crippen molar-refractivity contribution in [3.05, 3.63) is 24.2 Å². The first-order valence-corrected chi connectivity index (χ1v) is 7.49. The molecule has 1 aromatic rings. The van der Waals surface area contributed by atoms with Crippen LogP contribution in [0.15, 0.2) is 22.8 Å². The van der Waals surface area contributed by atoms with Crippen LogP contribution in [0.3, 0.4) is 0 Å². The van der Waals surface area contributed by atoms with E-state index in [9.17, 15) is 0 Å². The molecule has 2 saturated heterocycles. The summed E-state index contributed by atoms with van der Waals surface area (Å²) in [5.74, 6) is 1.03. The van der Waals surface area contributed by atoms with Gasteiger partial charge in [0.15, 0.2) is 0 Å². The number of nitrogens with one attached hydrogen (secondary N) is 1. The number of furan rings is 1. The highest BCUT2D eigenvalue weighted by Crippen LogP contribution is 2.23. The minimum Gasteiger partial charge on any atom is -0.468 e. The summed E-state index contributed by atoms with van der Waals surface area (Å²) in [6.07, 6.45) is 5.74. The highest BCUT2D eigenvalue weighted by atomic mass is 16.5. The van der Waals surface area contributed by atoms with E-state index in [1.165, 1.54) is 19.4 Å². The Hall–Kier alpha value is -0.840. The van der Waals surface area contributed by atoms with Gasteiger partial charge in [-0.3, -0.25) is 4.90 Å². The summed E-state index contributed by atoms with van der Waals surface area (Å²) in [5.41, 5.74) is 0. The topological polar surface area (TPSA) is 37.6 Å². The van der Waals surface area contributed by atoms with Gasteiger partial charge in [-0.05, 0) is 37.9 Å². The molecule has 3 heterocycles. The van der Waals surface area contributed by atoms with Crippen molar-refractivity contribution >= 4 is 0 Å². The molecule has 3 rings (SSSR count). The summed E-state index contributed by atoms with van der Waals surface area (Å²) >= 11 is 0. The van der Waals surface area contributed by atoms with Gasteiger partial charge >= 0.3 is 0 Å². The summed E-state index contributed by atoms with van der Waals surface area (Å²) in [5, 5.41) is 3.58. The zero-order chi connectivity index (χ0) is 13.1. The molecule has 4 nitrogen and oxygen atoms in total. The number of nitrogens with zero attached hydrogens (tertiary/aromatic N) is 1. The number of rotatable bonds is 5. The van der Waals surface area contributed by atoms with Gasteiger partial charge in [0, 0.05) is 19.1 Å². The van der Waals surface area contributed by atoms with Crippen molar-refractivity contribution in [2.45, 2.75) is 44.4 Å². The van der Waals surface area contributed by atoms with Crippen LogP contribution < -0.4 is 5.32 Å². The van der Waals surface area contributed by atoms with E-state index in [-0.39, 0.29) is 0 Å². The first-order chi connectivity index (χ1) is 9.36. The van der Waals surface area contributed by atoms with E-state index < -0.39 is 0 Å². The highest BCUT2D eigenvalue weighted by molar-refractivity contribution is 5.04. The van der Waals surface area contributed by atoms with Crippen molar-refractivity contribution in [3.8, 4) is 0 Å². The molecule has 1 aromatic heterocycles. The zero-order valence-electron chi connectivity index (χ0n) is 11.7. The van der Waals surface area contributed by atoms with Gasteiger partial charge in [0.05, 0.1) is 25.0 Å². The molecule has 2 aliphatic rings. The molecule has 3 unspecified atom stereocenters. The van der Waals surface area contributed by atoms with E-state index in [0.717, 1.165) is 31.9 Å². The standard InChI is InChI=1S/C15H24N2O2/c1-2-14(15-6-4-8-18-15)16-9-13-10-17-7-3-5-12(17)11-19-13/h4,6,8,12-14,16H,2-3,5,7,9-11H2,1H3. The van der Waals surface area contributed by atoms with Crippen LogP contribution in [0.4, 0.5) is 0 Å². The first-order valence-electron chi connectivity index (χ1n) is 7.49. The molecule has 1 N–H and O–H groups in total. The van der Waals surface area contributed by atoms with Gasteiger partial charge in [-0.25, -0.2) is 0 Å². The van der Waals surface area contributed by atoms with E-state index in [2.05, 4.69) is 17.1 Å². The largest absolute Gasteiger partial charge is 0.468 e. The second kappa shape index (κ2) is 6.07. The fourth-order valence-corrected chi connectivity index (χ4v) is 3.22. The van der Waals surface area contributed by atoms with Gasteiger partial charge in [-0.2, -0.15) is 0 Å². The molecule has 2 fully saturated rings. The monoisotopic (exact) mass is 264 g/mol. The fraction of sp³-hybridized carbons (Fsp3) is 0.733. The third kappa shape index (κ3) is 3.02. The number of fused-ring (bicyclic) bond motifs is 1. The molecule has 4 heteroatoms. The SMILES string of the molecule is CCC(NCC1CN2CCCC2CO1)c1ccco1. The summed E-state index contributed by atoms with van der Waals surface area (Å²) in [4.78, 5) is 2.59. The lowest BCUT2D eigenvalue weighted by Gasteiger charge is -2.35. The Morgan fingerprint density at radius 2 is 2.47 bits per heavy atom. The normalized spacial score (nSPS) is 29.3. The summed E-state index contributed by atoms with van der Waals surface area (Å²) in [7, 11) is 0. The molecular formula is C15H24N2O2. The Balaban J connectivity index is 1.49. The Bertz CT molecular complexity index is 380. The summed E-state index contributed by atoms with van der Waals surface area (Å²) in [6.45, 7) is 6.32. The molecular weight excluding hydrogens is 240 g/mol. The molecule has 0 aromatic carbocycles. The maximum atomic E-state index is 5.97. The Labute approximate surface area is 115 Å². The number of ether oxygens (including phenoxy) is 1. The predicted molar refractivity (Wildman–Crippen MR) is 74.1 cm³/mol. The second-order valence-electron chi connectivity index (χ2n) is 5.63. The third-order valence-corrected chi connectivity index (χ3v) is 4.35. The quantitative estimate of drug-likeness (QED) is 0.884. The van der Waals surface area contributed by atoms with E-state index in [1.54, 1.807) is 6.26 Å². The Kier molecular flexibility index (Phi) is 4.21. The molecule has 3 atom stereocenters. The lowest BCUT2D eigenvalue weighted by atomic mass is 10.1. The second-order valence-corrected chi connectivity index (χ2v) is 5.63. The molecule has 0 amide bonds. The molecule has 0 aliphatic carbocycles. The average Bonchev–Trinajstić information content (AvgIpc) is 3.10. The van der Waals surface area contributed by atoms with Gasteiger partial charge in [-0.1, -0.05) is 6.92 Å². The molecule has 2 aliphatic heterocycles. The Morgan fingerprint density at radius 1 is 1.53 bits per heavy atom. The lowest BCUT2D eigenvalue weighted by Crippen LogP contribution is -2.49. The minimum absolute atomic E-state index is 0.301. The van der Waals surface area contributed by atoms with E-state index in [1.807, 2.05) is 12.1 Å². The van der Waals surface area contributed by atoms with Crippen LogP contribution in [0.2, 0.25) is 0 Å². The number of hydrogen-bond donors (Lipinski definition) is 1. The molecule has 0 radical (unpaired) electrons. The smallest absolute Gasteiger partial charge is 0.120 e. The van der Waals surface area contributed by atoms with Crippen LogP contribution in [0.1, 0.15) is 38.0 Å².